The number of rotatable bonds is 7. The Morgan fingerprint density at radius 3 is 2.69 bits per heavy atom. The third kappa shape index (κ3) is 4.58. The van der Waals surface area contributed by atoms with Crippen molar-refractivity contribution in [2.24, 2.45) is 0 Å². The van der Waals surface area contributed by atoms with Crippen molar-refractivity contribution in [2.75, 3.05) is 6.54 Å². The van der Waals surface area contributed by atoms with Crippen LogP contribution in [0.1, 0.15) is 42.5 Å². The van der Waals surface area contributed by atoms with Gasteiger partial charge in [0, 0.05) is 23.9 Å². The number of nitrogens with one attached hydrogen (secondary N) is 1. The van der Waals surface area contributed by atoms with Gasteiger partial charge in [-0.25, -0.2) is 9.97 Å². The highest BCUT2D eigenvalue weighted by Crippen LogP contribution is 2.24. The molecule has 2 aromatic heterocycles. The summed E-state index contributed by atoms with van der Waals surface area (Å²) < 4.78 is 5.77. The summed E-state index contributed by atoms with van der Waals surface area (Å²) in [6, 6.07) is 8.20. The maximum atomic E-state index is 12.1. The molecule has 26 heavy (non-hydrogen) atoms. The lowest BCUT2D eigenvalue weighted by Crippen LogP contribution is -2.27. The van der Waals surface area contributed by atoms with E-state index in [0.29, 0.717) is 29.8 Å². The van der Waals surface area contributed by atoms with Crippen molar-refractivity contribution in [1.29, 1.82) is 0 Å². The highest BCUT2D eigenvalue weighted by atomic mass is 32.1. The number of benzene rings is 1. The first kappa shape index (κ1) is 18.3. The van der Waals surface area contributed by atoms with Crippen LogP contribution in [0.2, 0.25) is 0 Å². The Bertz CT molecular complexity index is 852. The second-order valence-corrected chi connectivity index (χ2v) is 7.27. The Labute approximate surface area is 157 Å². The fraction of sp³-hybridized carbons (Fsp3) is 0.350. The standard InChI is InChI=1S/C20H23N3O2S/c1-13(2)15-4-6-16(7-5-15)20-23-18(14(3)25-20)10-19(24)21-9-8-17-11-26-12-22-17/h4-7,11-13H,8-10H2,1-3H3,(H,21,24). The average Bonchev–Trinajstić information content (AvgIpc) is 3.25. The smallest absolute Gasteiger partial charge is 0.226 e. The third-order valence-corrected chi connectivity index (χ3v) is 4.87. The number of carbonyl (C=O) groups is 1. The maximum absolute atomic E-state index is 12.1. The predicted molar refractivity (Wildman–Crippen MR) is 103 cm³/mol. The minimum atomic E-state index is -0.0571. The zero-order valence-corrected chi connectivity index (χ0v) is 16.1. The molecule has 136 valence electrons. The van der Waals surface area contributed by atoms with E-state index >= 15 is 0 Å². The number of oxazole rings is 1. The van der Waals surface area contributed by atoms with Crippen LogP contribution in [0, 0.1) is 6.92 Å². The molecule has 3 rings (SSSR count). The Hall–Kier alpha value is -2.47. The van der Waals surface area contributed by atoms with Crippen molar-refractivity contribution in [3.05, 3.63) is 57.9 Å². The van der Waals surface area contributed by atoms with Crippen molar-refractivity contribution in [2.45, 2.75) is 39.5 Å². The van der Waals surface area contributed by atoms with Gasteiger partial charge >= 0.3 is 0 Å². The van der Waals surface area contributed by atoms with E-state index in [0.717, 1.165) is 17.7 Å². The van der Waals surface area contributed by atoms with Crippen LogP contribution in [-0.4, -0.2) is 22.4 Å². The summed E-state index contributed by atoms with van der Waals surface area (Å²) in [5.74, 6) is 1.67. The molecule has 0 saturated heterocycles. The van der Waals surface area contributed by atoms with Gasteiger partial charge in [0.2, 0.25) is 11.8 Å². The molecule has 6 heteroatoms. The lowest BCUT2D eigenvalue weighted by molar-refractivity contribution is -0.120. The molecule has 0 unspecified atom stereocenters. The summed E-state index contributed by atoms with van der Waals surface area (Å²) in [5, 5.41) is 4.90. The summed E-state index contributed by atoms with van der Waals surface area (Å²) >= 11 is 1.56. The van der Waals surface area contributed by atoms with Gasteiger partial charge in [0.25, 0.3) is 0 Å². The fourth-order valence-electron chi connectivity index (χ4n) is 2.63. The fourth-order valence-corrected chi connectivity index (χ4v) is 3.22. The Morgan fingerprint density at radius 2 is 2.04 bits per heavy atom. The van der Waals surface area contributed by atoms with Crippen molar-refractivity contribution in [3.63, 3.8) is 0 Å². The molecule has 0 aliphatic rings. The van der Waals surface area contributed by atoms with Gasteiger partial charge in [-0.3, -0.25) is 4.79 Å². The first-order chi connectivity index (χ1) is 12.5. The average molecular weight is 369 g/mol. The molecule has 3 aromatic rings. The topological polar surface area (TPSA) is 68.0 Å². The number of nitrogens with zero attached hydrogens (tertiary/aromatic N) is 2. The van der Waals surface area contributed by atoms with Gasteiger partial charge in [0.15, 0.2) is 0 Å². The first-order valence-electron chi connectivity index (χ1n) is 8.73. The van der Waals surface area contributed by atoms with E-state index in [4.69, 9.17) is 4.42 Å². The van der Waals surface area contributed by atoms with Crippen LogP contribution in [0.15, 0.2) is 39.6 Å². The van der Waals surface area contributed by atoms with Gasteiger partial charge in [0.05, 0.1) is 23.3 Å². The van der Waals surface area contributed by atoms with E-state index < -0.39 is 0 Å². The highest BCUT2D eigenvalue weighted by molar-refractivity contribution is 7.07. The van der Waals surface area contributed by atoms with Crippen LogP contribution in [0.4, 0.5) is 0 Å². The number of amides is 1. The molecule has 0 spiro atoms. The molecule has 0 aliphatic carbocycles. The third-order valence-electron chi connectivity index (χ3n) is 4.23. The molecule has 5 nitrogen and oxygen atoms in total. The van der Waals surface area contributed by atoms with Gasteiger partial charge in [-0.15, -0.1) is 11.3 Å². The summed E-state index contributed by atoms with van der Waals surface area (Å²) in [5.41, 5.74) is 5.68. The van der Waals surface area contributed by atoms with Gasteiger partial charge in [-0.1, -0.05) is 26.0 Å². The lowest BCUT2D eigenvalue weighted by Gasteiger charge is -2.04. The summed E-state index contributed by atoms with van der Waals surface area (Å²) in [7, 11) is 0. The molecule has 0 atom stereocenters. The van der Waals surface area contributed by atoms with Gasteiger partial charge in [-0.2, -0.15) is 0 Å². The molecule has 2 heterocycles. The zero-order valence-electron chi connectivity index (χ0n) is 15.3. The van der Waals surface area contributed by atoms with Gasteiger partial charge in [-0.05, 0) is 30.5 Å². The van der Waals surface area contributed by atoms with E-state index in [9.17, 15) is 4.79 Å². The van der Waals surface area contributed by atoms with Crippen molar-refractivity contribution >= 4 is 17.2 Å². The molecular formula is C20H23N3O2S. The van der Waals surface area contributed by atoms with E-state index in [1.54, 1.807) is 16.8 Å². The quantitative estimate of drug-likeness (QED) is 0.680. The Kier molecular flexibility index (Phi) is 5.83. The van der Waals surface area contributed by atoms with E-state index in [-0.39, 0.29) is 12.3 Å². The molecule has 0 aliphatic heterocycles. The van der Waals surface area contributed by atoms with Gasteiger partial charge in [0.1, 0.15) is 5.76 Å². The molecule has 0 bridgehead atoms. The van der Waals surface area contributed by atoms with Crippen LogP contribution in [0.25, 0.3) is 11.5 Å². The monoisotopic (exact) mass is 369 g/mol. The summed E-state index contributed by atoms with van der Waals surface area (Å²) in [6.45, 7) is 6.74. The normalized spacial score (nSPS) is 11.1. The molecule has 0 fully saturated rings. The number of aryl methyl sites for hydroxylation is 1. The lowest BCUT2D eigenvalue weighted by atomic mass is 10.0. The first-order valence-corrected chi connectivity index (χ1v) is 9.67. The van der Waals surface area contributed by atoms with Crippen molar-refractivity contribution in [3.8, 4) is 11.5 Å². The van der Waals surface area contributed by atoms with Crippen molar-refractivity contribution < 1.29 is 9.21 Å². The number of carbonyl (C=O) groups excluding carboxylic acids is 1. The van der Waals surface area contributed by atoms with Gasteiger partial charge < -0.3 is 9.73 Å². The van der Waals surface area contributed by atoms with E-state index in [1.165, 1.54) is 5.56 Å². The number of thiazole rings is 1. The molecule has 1 amide bonds. The zero-order chi connectivity index (χ0) is 18.5. The molecule has 0 saturated carbocycles. The number of aromatic nitrogens is 2. The van der Waals surface area contributed by atoms with Crippen molar-refractivity contribution in [1.82, 2.24) is 15.3 Å². The van der Waals surface area contributed by atoms with Crippen LogP contribution in [0.5, 0.6) is 0 Å². The minimum Gasteiger partial charge on any atom is -0.441 e. The molecule has 1 aromatic carbocycles. The summed E-state index contributed by atoms with van der Waals surface area (Å²) in [4.78, 5) is 20.9. The van der Waals surface area contributed by atoms with Crippen LogP contribution in [0.3, 0.4) is 0 Å². The summed E-state index contributed by atoms with van der Waals surface area (Å²) in [6.07, 6.45) is 0.955. The molecular weight excluding hydrogens is 346 g/mol. The Balaban J connectivity index is 1.59. The van der Waals surface area contributed by atoms with E-state index in [1.807, 2.05) is 24.4 Å². The maximum Gasteiger partial charge on any atom is 0.226 e. The minimum absolute atomic E-state index is 0.0571. The van der Waals surface area contributed by atoms with Crippen LogP contribution in [-0.2, 0) is 17.6 Å². The SMILES string of the molecule is Cc1oc(-c2ccc(C(C)C)cc2)nc1CC(=O)NCCc1cscn1. The Morgan fingerprint density at radius 1 is 1.27 bits per heavy atom. The van der Waals surface area contributed by atoms with E-state index in [2.05, 4.69) is 41.3 Å². The largest absolute Gasteiger partial charge is 0.441 e. The number of hydrogen-bond donors (Lipinski definition) is 1. The highest BCUT2D eigenvalue weighted by Gasteiger charge is 2.15. The second kappa shape index (κ2) is 8.27. The predicted octanol–water partition coefficient (Wildman–Crippen LogP) is 4.13. The van der Waals surface area contributed by atoms with Crippen LogP contribution >= 0.6 is 11.3 Å². The number of hydrogen-bond acceptors (Lipinski definition) is 5. The second-order valence-electron chi connectivity index (χ2n) is 6.56. The van der Waals surface area contributed by atoms with Crippen LogP contribution < -0.4 is 5.32 Å². The molecule has 0 radical (unpaired) electrons. The molecule has 1 N–H and O–H groups in total.